The lowest BCUT2D eigenvalue weighted by atomic mass is 10.2. The van der Waals surface area contributed by atoms with Gasteiger partial charge in [-0.3, -0.25) is 4.79 Å². The van der Waals surface area contributed by atoms with Gasteiger partial charge in [0.1, 0.15) is 5.70 Å². The van der Waals surface area contributed by atoms with Gasteiger partial charge in [-0.05, 0) is 35.9 Å². The van der Waals surface area contributed by atoms with E-state index in [2.05, 4.69) is 5.32 Å². The second-order valence-corrected chi connectivity index (χ2v) is 4.95. The molecule has 104 valence electrons. The van der Waals surface area contributed by atoms with Crippen molar-refractivity contribution >= 4 is 35.3 Å². The summed E-state index contributed by atoms with van der Waals surface area (Å²) < 4.78 is 0. The number of imide groups is 1. The molecule has 0 radical (unpaired) electrons. The van der Waals surface area contributed by atoms with Crippen LogP contribution in [-0.4, -0.2) is 11.9 Å². The fourth-order valence-electron chi connectivity index (χ4n) is 2.07. The highest BCUT2D eigenvalue weighted by atomic mass is 35.5. The maximum absolute atomic E-state index is 12.3. The van der Waals surface area contributed by atoms with E-state index in [0.717, 1.165) is 10.5 Å². The number of anilines is 1. The summed E-state index contributed by atoms with van der Waals surface area (Å²) in [4.78, 5) is 25.4. The number of carbonyl (C=O) groups is 2. The number of para-hydroxylation sites is 1. The van der Waals surface area contributed by atoms with Crippen LogP contribution in [0, 0.1) is 0 Å². The molecule has 0 unspecified atom stereocenters. The van der Waals surface area contributed by atoms with E-state index in [0.29, 0.717) is 10.7 Å². The third kappa shape index (κ3) is 2.66. The summed E-state index contributed by atoms with van der Waals surface area (Å²) in [7, 11) is 0. The quantitative estimate of drug-likeness (QED) is 0.682. The van der Waals surface area contributed by atoms with E-state index in [9.17, 15) is 9.59 Å². The summed E-state index contributed by atoms with van der Waals surface area (Å²) in [6, 6.07) is 15.4. The first-order chi connectivity index (χ1) is 10.1. The second-order valence-electron chi connectivity index (χ2n) is 4.52. The van der Waals surface area contributed by atoms with Crippen molar-refractivity contribution in [3.63, 3.8) is 0 Å². The summed E-state index contributed by atoms with van der Waals surface area (Å²) in [5.74, 6) is -0.374. The Morgan fingerprint density at radius 1 is 0.952 bits per heavy atom. The van der Waals surface area contributed by atoms with Crippen LogP contribution in [-0.2, 0) is 4.79 Å². The van der Waals surface area contributed by atoms with Crippen molar-refractivity contribution in [2.24, 2.45) is 0 Å². The molecule has 1 aliphatic rings. The highest BCUT2D eigenvalue weighted by Gasteiger charge is 2.34. The Balaban J connectivity index is 1.92. The van der Waals surface area contributed by atoms with Crippen LogP contribution in [0.5, 0.6) is 0 Å². The highest BCUT2D eigenvalue weighted by molar-refractivity contribution is 6.30. The lowest BCUT2D eigenvalue weighted by molar-refractivity contribution is -0.113. The standard InChI is InChI=1S/C16H11ClN2O2/c17-12-8-6-11(7-9-12)10-14-15(20)19(16(21)18-14)13-4-2-1-3-5-13/h1-10H,(H,18,21). The Morgan fingerprint density at radius 3 is 2.29 bits per heavy atom. The minimum Gasteiger partial charge on any atom is -0.302 e. The molecule has 0 spiro atoms. The van der Waals surface area contributed by atoms with Gasteiger partial charge in [-0.25, -0.2) is 9.69 Å². The number of rotatable bonds is 2. The van der Waals surface area contributed by atoms with Crippen LogP contribution in [0.3, 0.4) is 0 Å². The van der Waals surface area contributed by atoms with Gasteiger partial charge in [-0.15, -0.1) is 0 Å². The molecule has 1 aliphatic heterocycles. The largest absolute Gasteiger partial charge is 0.333 e. The number of hydrogen-bond donors (Lipinski definition) is 1. The van der Waals surface area contributed by atoms with E-state index < -0.39 is 6.03 Å². The molecular formula is C16H11ClN2O2. The van der Waals surface area contributed by atoms with Crippen LogP contribution >= 0.6 is 11.6 Å². The zero-order valence-corrected chi connectivity index (χ0v) is 11.7. The number of nitrogens with zero attached hydrogens (tertiary/aromatic N) is 1. The van der Waals surface area contributed by atoms with E-state index in [1.54, 1.807) is 54.6 Å². The van der Waals surface area contributed by atoms with Crippen LogP contribution in [0.2, 0.25) is 5.02 Å². The molecule has 2 aromatic carbocycles. The maximum Gasteiger partial charge on any atom is 0.333 e. The van der Waals surface area contributed by atoms with Gasteiger partial charge in [-0.1, -0.05) is 41.9 Å². The number of hydrogen-bond acceptors (Lipinski definition) is 2. The van der Waals surface area contributed by atoms with Crippen molar-refractivity contribution in [1.29, 1.82) is 0 Å². The van der Waals surface area contributed by atoms with Gasteiger partial charge in [0, 0.05) is 5.02 Å². The van der Waals surface area contributed by atoms with Gasteiger partial charge in [0.25, 0.3) is 5.91 Å². The average molecular weight is 299 g/mol. The van der Waals surface area contributed by atoms with Crippen molar-refractivity contribution in [2.45, 2.75) is 0 Å². The molecule has 2 aromatic rings. The Labute approximate surface area is 126 Å². The van der Waals surface area contributed by atoms with Crippen molar-refractivity contribution in [1.82, 2.24) is 5.32 Å². The zero-order chi connectivity index (χ0) is 14.8. The van der Waals surface area contributed by atoms with Gasteiger partial charge in [0.2, 0.25) is 0 Å². The van der Waals surface area contributed by atoms with Crippen LogP contribution in [0.1, 0.15) is 5.56 Å². The minimum absolute atomic E-state index is 0.242. The molecule has 1 fully saturated rings. The van der Waals surface area contributed by atoms with Gasteiger partial charge in [-0.2, -0.15) is 0 Å². The SMILES string of the molecule is O=C1NC(=Cc2ccc(Cl)cc2)C(=O)N1c1ccccc1. The summed E-state index contributed by atoms with van der Waals surface area (Å²) in [6.45, 7) is 0. The van der Waals surface area contributed by atoms with E-state index in [4.69, 9.17) is 11.6 Å². The monoisotopic (exact) mass is 298 g/mol. The molecule has 0 bridgehead atoms. The number of benzene rings is 2. The smallest absolute Gasteiger partial charge is 0.302 e. The molecule has 0 aromatic heterocycles. The van der Waals surface area contributed by atoms with E-state index in [1.165, 1.54) is 0 Å². The molecule has 1 N–H and O–H groups in total. The maximum atomic E-state index is 12.3. The number of carbonyl (C=O) groups excluding carboxylic acids is 2. The van der Waals surface area contributed by atoms with Crippen LogP contribution in [0.25, 0.3) is 6.08 Å². The Bertz CT molecular complexity index is 724. The summed E-state index contributed by atoms with van der Waals surface area (Å²) >= 11 is 5.82. The predicted octanol–water partition coefficient (Wildman–Crippen LogP) is 3.44. The third-order valence-electron chi connectivity index (χ3n) is 3.07. The van der Waals surface area contributed by atoms with E-state index in [1.807, 2.05) is 6.07 Å². The molecule has 0 saturated carbocycles. The van der Waals surface area contributed by atoms with Gasteiger partial charge in [0.15, 0.2) is 0 Å². The Morgan fingerprint density at radius 2 is 1.62 bits per heavy atom. The molecule has 1 saturated heterocycles. The van der Waals surface area contributed by atoms with Crippen molar-refractivity contribution in [3.05, 3.63) is 70.9 Å². The topological polar surface area (TPSA) is 49.4 Å². The Hall–Kier alpha value is -2.59. The first-order valence-electron chi connectivity index (χ1n) is 6.33. The average Bonchev–Trinajstić information content (AvgIpc) is 2.77. The molecule has 3 rings (SSSR count). The van der Waals surface area contributed by atoms with Gasteiger partial charge in [0.05, 0.1) is 5.69 Å². The first-order valence-corrected chi connectivity index (χ1v) is 6.71. The lowest BCUT2D eigenvalue weighted by Gasteiger charge is -2.10. The molecular weight excluding hydrogens is 288 g/mol. The first kappa shape index (κ1) is 13.4. The number of amides is 3. The molecule has 1 heterocycles. The third-order valence-corrected chi connectivity index (χ3v) is 3.33. The van der Waals surface area contributed by atoms with Crippen molar-refractivity contribution in [2.75, 3.05) is 4.90 Å². The molecule has 3 amide bonds. The number of halogens is 1. The number of nitrogens with one attached hydrogen (secondary N) is 1. The van der Waals surface area contributed by atoms with Gasteiger partial charge >= 0.3 is 6.03 Å². The normalized spacial score (nSPS) is 16.4. The summed E-state index contributed by atoms with van der Waals surface area (Å²) in [5.41, 5.74) is 1.57. The number of urea groups is 1. The summed E-state index contributed by atoms with van der Waals surface area (Å²) in [6.07, 6.45) is 1.62. The minimum atomic E-state index is -0.452. The highest BCUT2D eigenvalue weighted by Crippen LogP contribution is 2.22. The lowest BCUT2D eigenvalue weighted by Crippen LogP contribution is -2.30. The summed E-state index contributed by atoms with van der Waals surface area (Å²) in [5, 5.41) is 3.20. The predicted molar refractivity (Wildman–Crippen MR) is 81.9 cm³/mol. The van der Waals surface area contributed by atoms with Crippen LogP contribution < -0.4 is 10.2 Å². The van der Waals surface area contributed by atoms with Crippen LogP contribution in [0.15, 0.2) is 60.3 Å². The molecule has 0 aliphatic carbocycles. The Kier molecular flexibility index (Phi) is 3.46. The van der Waals surface area contributed by atoms with Crippen LogP contribution in [0.4, 0.5) is 10.5 Å². The fourth-order valence-corrected chi connectivity index (χ4v) is 2.20. The fraction of sp³-hybridized carbons (Fsp3) is 0. The zero-order valence-electron chi connectivity index (χ0n) is 10.9. The molecule has 21 heavy (non-hydrogen) atoms. The molecule has 0 atom stereocenters. The van der Waals surface area contributed by atoms with Gasteiger partial charge < -0.3 is 5.32 Å². The van der Waals surface area contributed by atoms with Crippen molar-refractivity contribution in [3.8, 4) is 0 Å². The van der Waals surface area contributed by atoms with E-state index in [-0.39, 0.29) is 11.6 Å². The second kappa shape index (κ2) is 5.42. The van der Waals surface area contributed by atoms with Crippen molar-refractivity contribution < 1.29 is 9.59 Å². The van der Waals surface area contributed by atoms with E-state index >= 15 is 0 Å². The molecule has 5 heteroatoms. The molecule has 4 nitrogen and oxygen atoms in total.